The fraction of sp³-hybridized carbons (Fsp3) is 0.0667. The number of amides is 1. The van der Waals surface area contributed by atoms with E-state index in [1.807, 2.05) is 36.4 Å². The monoisotopic (exact) mass is 300 g/mol. The molecule has 0 unspecified atom stereocenters. The number of anilines is 3. The van der Waals surface area contributed by atoms with Crippen molar-refractivity contribution >= 4 is 45.9 Å². The summed E-state index contributed by atoms with van der Waals surface area (Å²) in [6, 6.07) is 12.9. The molecule has 2 aromatic carbocycles. The average Bonchev–Trinajstić information content (AvgIpc) is 2.82. The Morgan fingerprint density at radius 1 is 1.14 bits per heavy atom. The number of rotatable bonds is 3. The fourth-order valence-electron chi connectivity index (χ4n) is 2.02. The second-order valence-electron chi connectivity index (χ2n) is 4.63. The molecule has 0 fully saturated rings. The molecule has 6 heteroatoms. The molecule has 106 valence electrons. The van der Waals surface area contributed by atoms with Crippen molar-refractivity contribution in [2.24, 2.45) is 0 Å². The molecule has 21 heavy (non-hydrogen) atoms. The summed E-state index contributed by atoms with van der Waals surface area (Å²) in [6.07, 6.45) is 0. The highest BCUT2D eigenvalue weighted by atomic mass is 35.5. The lowest BCUT2D eigenvalue weighted by atomic mass is 10.3. The molecule has 3 rings (SSSR count). The van der Waals surface area contributed by atoms with Gasteiger partial charge in [0, 0.05) is 23.3 Å². The summed E-state index contributed by atoms with van der Waals surface area (Å²) in [6.45, 7) is 1.48. The first-order valence-corrected chi connectivity index (χ1v) is 6.78. The number of carbonyl (C=O) groups is 1. The Balaban J connectivity index is 1.79. The Labute approximate surface area is 126 Å². The molecule has 0 aliphatic rings. The van der Waals surface area contributed by atoms with Gasteiger partial charge in [-0.1, -0.05) is 11.6 Å². The van der Waals surface area contributed by atoms with E-state index in [-0.39, 0.29) is 5.91 Å². The van der Waals surface area contributed by atoms with E-state index < -0.39 is 0 Å². The third-order valence-electron chi connectivity index (χ3n) is 2.91. The highest BCUT2D eigenvalue weighted by Gasteiger charge is 2.04. The molecular weight excluding hydrogens is 288 g/mol. The minimum atomic E-state index is -0.0927. The van der Waals surface area contributed by atoms with Gasteiger partial charge in [0.1, 0.15) is 0 Å². The van der Waals surface area contributed by atoms with Gasteiger partial charge in [-0.3, -0.25) is 4.79 Å². The van der Waals surface area contributed by atoms with E-state index >= 15 is 0 Å². The zero-order valence-electron chi connectivity index (χ0n) is 11.3. The Hall–Kier alpha value is -2.53. The second-order valence-corrected chi connectivity index (χ2v) is 5.07. The maximum Gasteiger partial charge on any atom is 0.221 e. The number of halogens is 1. The molecule has 0 radical (unpaired) electrons. The van der Waals surface area contributed by atoms with Gasteiger partial charge in [-0.15, -0.1) is 0 Å². The molecular formula is C15H13ClN4O. The van der Waals surface area contributed by atoms with Gasteiger partial charge in [0.15, 0.2) is 0 Å². The predicted octanol–water partition coefficient (Wildman–Crippen LogP) is 3.92. The number of benzene rings is 2. The first kappa shape index (κ1) is 13.5. The third-order valence-corrected chi connectivity index (χ3v) is 3.15. The summed E-state index contributed by atoms with van der Waals surface area (Å²) in [5.41, 5.74) is 3.34. The molecule has 5 nitrogen and oxygen atoms in total. The molecule has 0 saturated heterocycles. The van der Waals surface area contributed by atoms with E-state index in [0.717, 1.165) is 22.4 Å². The molecule has 0 aliphatic heterocycles. The number of aromatic amines is 1. The molecule has 0 spiro atoms. The zero-order chi connectivity index (χ0) is 14.8. The molecule has 0 atom stereocenters. The van der Waals surface area contributed by atoms with Crippen LogP contribution in [0.1, 0.15) is 6.92 Å². The molecule has 1 heterocycles. The smallest absolute Gasteiger partial charge is 0.221 e. The van der Waals surface area contributed by atoms with Crippen LogP contribution in [0.4, 0.5) is 17.3 Å². The SMILES string of the molecule is CC(=O)Nc1ccc(Nc2nc3ccc(Cl)cc3[nH]2)cc1. The van der Waals surface area contributed by atoms with E-state index in [0.29, 0.717) is 11.0 Å². The Morgan fingerprint density at radius 2 is 1.86 bits per heavy atom. The Bertz CT molecular complexity index is 795. The maximum atomic E-state index is 11.0. The zero-order valence-corrected chi connectivity index (χ0v) is 12.0. The molecule has 3 N–H and O–H groups in total. The van der Waals surface area contributed by atoms with E-state index in [4.69, 9.17) is 11.6 Å². The molecule has 0 aliphatic carbocycles. The van der Waals surface area contributed by atoms with Crippen LogP contribution in [0.3, 0.4) is 0 Å². The van der Waals surface area contributed by atoms with Gasteiger partial charge in [-0.2, -0.15) is 0 Å². The highest BCUT2D eigenvalue weighted by molar-refractivity contribution is 6.31. The summed E-state index contributed by atoms with van der Waals surface area (Å²) < 4.78 is 0. The number of fused-ring (bicyclic) bond motifs is 1. The summed E-state index contributed by atoms with van der Waals surface area (Å²) in [4.78, 5) is 18.5. The van der Waals surface area contributed by atoms with Gasteiger partial charge >= 0.3 is 0 Å². The number of imidazole rings is 1. The Kier molecular flexibility index (Phi) is 3.50. The number of H-pyrrole nitrogens is 1. The maximum absolute atomic E-state index is 11.0. The lowest BCUT2D eigenvalue weighted by molar-refractivity contribution is -0.114. The van der Waals surface area contributed by atoms with Crippen LogP contribution in [0.2, 0.25) is 5.02 Å². The second kappa shape index (κ2) is 5.46. The topological polar surface area (TPSA) is 69.8 Å². The first-order chi connectivity index (χ1) is 10.1. The van der Waals surface area contributed by atoms with Crippen molar-refractivity contribution in [3.8, 4) is 0 Å². The third kappa shape index (κ3) is 3.14. The van der Waals surface area contributed by atoms with Gasteiger partial charge < -0.3 is 15.6 Å². The van der Waals surface area contributed by atoms with E-state index in [1.54, 1.807) is 6.07 Å². The molecule has 3 aromatic rings. The minimum Gasteiger partial charge on any atom is -0.326 e. The normalized spacial score (nSPS) is 10.6. The first-order valence-electron chi connectivity index (χ1n) is 6.40. The number of nitrogens with zero attached hydrogens (tertiary/aromatic N) is 1. The van der Waals surface area contributed by atoms with Gasteiger partial charge in [-0.05, 0) is 42.5 Å². The quantitative estimate of drug-likeness (QED) is 0.686. The summed E-state index contributed by atoms with van der Waals surface area (Å²) in [7, 11) is 0. The van der Waals surface area contributed by atoms with E-state index in [1.165, 1.54) is 6.92 Å². The van der Waals surface area contributed by atoms with Gasteiger partial charge in [0.2, 0.25) is 11.9 Å². The van der Waals surface area contributed by atoms with Crippen LogP contribution in [0.15, 0.2) is 42.5 Å². The minimum absolute atomic E-state index is 0.0927. The van der Waals surface area contributed by atoms with Crippen LogP contribution < -0.4 is 10.6 Å². The van der Waals surface area contributed by atoms with Crippen LogP contribution in [0.25, 0.3) is 11.0 Å². The number of hydrogen-bond donors (Lipinski definition) is 3. The van der Waals surface area contributed by atoms with Crippen molar-refractivity contribution in [1.29, 1.82) is 0 Å². The van der Waals surface area contributed by atoms with Gasteiger partial charge in [0.05, 0.1) is 11.0 Å². The van der Waals surface area contributed by atoms with Crippen LogP contribution in [0, 0.1) is 0 Å². The van der Waals surface area contributed by atoms with E-state index in [9.17, 15) is 4.79 Å². The number of nitrogens with one attached hydrogen (secondary N) is 3. The van der Waals surface area contributed by atoms with Crippen molar-refractivity contribution < 1.29 is 4.79 Å². The predicted molar refractivity (Wildman–Crippen MR) is 85.1 cm³/mol. The summed E-state index contributed by atoms with van der Waals surface area (Å²) >= 11 is 5.94. The number of aromatic nitrogens is 2. The summed E-state index contributed by atoms with van der Waals surface area (Å²) in [5.74, 6) is 0.546. The lowest BCUT2D eigenvalue weighted by Crippen LogP contribution is -2.05. The highest BCUT2D eigenvalue weighted by Crippen LogP contribution is 2.22. The Morgan fingerprint density at radius 3 is 2.57 bits per heavy atom. The van der Waals surface area contributed by atoms with E-state index in [2.05, 4.69) is 20.6 Å². The molecule has 0 saturated carbocycles. The largest absolute Gasteiger partial charge is 0.326 e. The van der Waals surface area contributed by atoms with Crippen LogP contribution >= 0.6 is 11.6 Å². The lowest BCUT2D eigenvalue weighted by Gasteiger charge is -2.05. The standard InChI is InChI=1S/C15H13ClN4O/c1-9(21)17-11-3-5-12(6-4-11)18-15-19-13-7-2-10(16)8-14(13)20-15/h2-8H,1H3,(H,17,21)(H2,18,19,20). The van der Waals surface area contributed by atoms with Crippen LogP contribution in [-0.4, -0.2) is 15.9 Å². The van der Waals surface area contributed by atoms with Gasteiger partial charge in [0.25, 0.3) is 0 Å². The van der Waals surface area contributed by atoms with Crippen molar-refractivity contribution in [3.63, 3.8) is 0 Å². The van der Waals surface area contributed by atoms with Crippen molar-refractivity contribution in [1.82, 2.24) is 9.97 Å². The van der Waals surface area contributed by atoms with Crippen LogP contribution in [-0.2, 0) is 4.79 Å². The molecule has 0 bridgehead atoms. The van der Waals surface area contributed by atoms with Crippen molar-refractivity contribution in [2.45, 2.75) is 6.92 Å². The number of hydrogen-bond acceptors (Lipinski definition) is 3. The fourth-order valence-corrected chi connectivity index (χ4v) is 2.19. The number of carbonyl (C=O) groups excluding carboxylic acids is 1. The average molecular weight is 301 g/mol. The van der Waals surface area contributed by atoms with Crippen molar-refractivity contribution in [2.75, 3.05) is 10.6 Å². The van der Waals surface area contributed by atoms with Crippen LogP contribution in [0.5, 0.6) is 0 Å². The summed E-state index contributed by atoms with van der Waals surface area (Å²) in [5, 5.41) is 6.55. The van der Waals surface area contributed by atoms with Gasteiger partial charge in [-0.25, -0.2) is 4.98 Å². The molecule has 1 aromatic heterocycles. The molecule has 1 amide bonds. The van der Waals surface area contributed by atoms with Crippen molar-refractivity contribution in [3.05, 3.63) is 47.5 Å².